The van der Waals surface area contributed by atoms with Crippen LogP contribution < -0.4 is 5.32 Å². The molecule has 2 fully saturated rings. The minimum absolute atomic E-state index is 0.0935. The van der Waals surface area contributed by atoms with Crippen LogP contribution in [0.5, 0.6) is 0 Å². The number of imidazole rings is 1. The minimum Gasteiger partial charge on any atom is -0.349 e. The number of aromatic nitrogens is 2. The van der Waals surface area contributed by atoms with Gasteiger partial charge in [-0.3, -0.25) is 14.5 Å². The van der Waals surface area contributed by atoms with E-state index >= 15 is 0 Å². The summed E-state index contributed by atoms with van der Waals surface area (Å²) in [5.41, 5.74) is 2.82. The van der Waals surface area contributed by atoms with Crippen molar-refractivity contribution in [1.82, 2.24) is 24.7 Å². The fraction of sp³-hybridized carbons (Fsp3) is 0.633. The van der Waals surface area contributed by atoms with Crippen LogP contribution in [0, 0.1) is 18.2 Å². The quantitative estimate of drug-likeness (QED) is 0.596. The molecule has 0 saturated carbocycles. The number of nitrogens with one attached hydrogen (secondary N) is 1. The van der Waals surface area contributed by atoms with E-state index in [1.807, 2.05) is 31.7 Å². The summed E-state index contributed by atoms with van der Waals surface area (Å²) in [4.78, 5) is 34.3. The Morgan fingerprint density at radius 2 is 1.87 bits per heavy atom. The van der Waals surface area contributed by atoms with E-state index in [-0.39, 0.29) is 29.1 Å². The van der Waals surface area contributed by atoms with Crippen molar-refractivity contribution in [3.8, 4) is 0 Å². The van der Waals surface area contributed by atoms with Crippen LogP contribution in [0.2, 0.25) is 0 Å². The smallest absolute Gasteiger partial charge is 0.228 e. The van der Waals surface area contributed by atoms with Crippen molar-refractivity contribution in [3.63, 3.8) is 0 Å². The van der Waals surface area contributed by atoms with E-state index in [2.05, 4.69) is 21.7 Å². The summed E-state index contributed by atoms with van der Waals surface area (Å²) in [5.74, 6) is 0.889. The number of fused-ring (bicyclic) bond motifs is 3. The van der Waals surface area contributed by atoms with Crippen LogP contribution in [0.1, 0.15) is 94.7 Å². The van der Waals surface area contributed by atoms with Crippen LogP contribution in [0.3, 0.4) is 0 Å². The molecule has 7 nitrogen and oxygen atoms in total. The first-order valence-corrected chi connectivity index (χ1v) is 14.2. The number of carbonyl (C=O) groups excluding carboxylic acids is 2. The van der Waals surface area contributed by atoms with Crippen LogP contribution in [0.15, 0.2) is 24.3 Å². The maximum Gasteiger partial charge on any atom is 0.228 e. The molecule has 1 unspecified atom stereocenters. The Labute approximate surface area is 225 Å². The molecule has 4 atom stereocenters. The number of amides is 2. The molecule has 1 aromatic carbocycles. The molecule has 3 aliphatic heterocycles. The fourth-order valence-corrected chi connectivity index (χ4v) is 7.06. The molecule has 2 aromatic rings. The van der Waals surface area contributed by atoms with Crippen LogP contribution in [-0.4, -0.2) is 56.3 Å². The third-order valence-electron chi connectivity index (χ3n) is 8.69. The summed E-state index contributed by atoms with van der Waals surface area (Å²) in [6, 6.07) is 7.82. The number of piperidine rings is 1. The van der Waals surface area contributed by atoms with Gasteiger partial charge in [-0.2, -0.15) is 0 Å². The van der Waals surface area contributed by atoms with E-state index in [4.69, 9.17) is 4.98 Å². The average molecular weight is 524 g/mol. The second kappa shape index (κ2) is 10.4. The van der Waals surface area contributed by atoms with Crippen LogP contribution in [0.25, 0.3) is 0 Å². The van der Waals surface area contributed by atoms with Gasteiger partial charge in [-0.25, -0.2) is 9.37 Å². The maximum atomic E-state index is 13.9. The van der Waals surface area contributed by atoms with Gasteiger partial charge in [-0.1, -0.05) is 32.9 Å². The number of aryl methyl sites for hydroxylation is 1. The second-order valence-electron chi connectivity index (χ2n) is 12.5. The van der Waals surface area contributed by atoms with Gasteiger partial charge in [0.2, 0.25) is 11.8 Å². The van der Waals surface area contributed by atoms with Crippen molar-refractivity contribution < 1.29 is 14.0 Å². The highest BCUT2D eigenvalue weighted by atomic mass is 19.1. The van der Waals surface area contributed by atoms with Gasteiger partial charge >= 0.3 is 0 Å². The third-order valence-corrected chi connectivity index (χ3v) is 8.69. The van der Waals surface area contributed by atoms with Crippen molar-refractivity contribution in [2.75, 3.05) is 13.1 Å². The van der Waals surface area contributed by atoms with Crippen molar-refractivity contribution >= 4 is 11.8 Å². The van der Waals surface area contributed by atoms with Gasteiger partial charge in [0.05, 0.1) is 18.3 Å². The van der Waals surface area contributed by atoms with Crippen LogP contribution >= 0.6 is 0 Å². The fourth-order valence-electron chi connectivity index (χ4n) is 7.06. The van der Waals surface area contributed by atoms with E-state index < -0.39 is 0 Å². The van der Waals surface area contributed by atoms with Crippen LogP contribution in [0.4, 0.5) is 4.39 Å². The van der Waals surface area contributed by atoms with Gasteiger partial charge in [0.25, 0.3) is 0 Å². The summed E-state index contributed by atoms with van der Waals surface area (Å²) in [6.07, 6.45) is 6.19. The first-order chi connectivity index (χ1) is 18.0. The number of carbonyl (C=O) groups is 2. The second-order valence-corrected chi connectivity index (χ2v) is 12.5. The Kier molecular flexibility index (Phi) is 7.37. The number of benzene rings is 1. The Bertz CT molecular complexity index is 1190. The standard InChI is InChI=1S/C30H42FN5O2/c1-19-32-27-18-34(29(38)30(3,4)5)13-12-28(27)36(19)25-16-23-9-10-24(17-25)35(23)14-11-26(33-20(2)37)21-7-6-8-22(31)15-21/h6-8,15,23-26H,9-14,16-18H2,1-5H3,(H,33,37)/t23-,24+,25?,26-/m0/s1. The zero-order valence-corrected chi connectivity index (χ0v) is 23.5. The largest absolute Gasteiger partial charge is 0.349 e. The predicted octanol–water partition coefficient (Wildman–Crippen LogP) is 4.70. The predicted molar refractivity (Wildman–Crippen MR) is 145 cm³/mol. The number of halogens is 1. The molecule has 206 valence electrons. The first-order valence-electron chi connectivity index (χ1n) is 14.2. The highest BCUT2D eigenvalue weighted by Crippen LogP contribution is 2.43. The molecular formula is C30H42FN5O2. The van der Waals surface area contributed by atoms with Crippen molar-refractivity contribution in [2.24, 2.45) is 5.41 Å². The molecule has 8 heteroatoms. The summed E-state index contributed by atoms with van der Waals surface area (Å²) >= 11 is 0. The molecular weight excluding hydrogens is 481 g/mol. The van der Waals surface area contributed by atoms with Gasteiger partial charge in [0.15, 0.2) is 0 Å². The number of nitrogens with zero attached hydrogens (tertiary/aromatic N) is 4. The van der Waals surface area contributed by atoms with E-state index in [1.54, 1.807) is 6.07 Å². The lowest BCUT2D eigenvalue weighted by atomic mass is 9.93. The summed E-state index contributed by atoms with van der Waals surface area (Å²) in [5, 5.41) is 3.03. The zero-order chi connectivity index (χ0) is 27.2. The van der Waals surface area contributed by atoms with Crippen LogP contribution in [-0.2, 0) is 22.6 Å². The molecule has 2 bridgehead atoms. The molecule has 38 heavy (non-hydrogen) atoms. The third kappa shape index (κ3) is 5.37. The summed E-state index contributed by atoms with van der Waals surface area (Å²) in [6.45, 7) is 11.8. The Morgan fingerprint density at radius 1 is 1.16 bits per heavy atom. The first kappa shape index (κ1) is 26.9. The summed E-state index contributed by atoms with van der Waals surface area (Å²) < 4.78 is 16.4. The molecule has 2 saturated heterocycles. The molecule has 5 rings (SSSR count). The topological polar surface area (TPSA) is 70.5 Å². The van der Waals surface area contributed by atoms with Gasteiger partial charge in [0.1, 0.15) is 11.6 Å². The molecule has 3 aliphatic rings. The minimum atomic E-state index is -0.380. The van der Waals surface area contributed by atoms with Crippen molar-refractivity contribution in [1.29, 1.82) is 0 Å². The van der Waals surface area contributed by atoms with E-state index in [0.29, 0.717) is 24.7 Å². The molecule has 0 spiro atoms. The molecule has 0 aliphatic carbocycles. The lowest BCUT2D eigenvalue weighted by molar-refractivity contribution is -0.140. The molecule has 0 radical (unpaired) electrons. The van der Waals surface area contributed by atoms with Crippen molar-refractivity contribution in [3.05, 3.63) is 52.9 Å². The molecule has 2 amide bonds. The zero-order valence-electron chi connectivity index (χ0n) is 23.5. The average Bonchev–Trinajstić information content (AvgIpc) is 3.30. The monoisotopic (exact) mass is 523 g/mol. The lowest BCUT2D eigenvalue weighted by Crippen LogP contribution is -2.45. The molecule has 1 N–H and O–H groups in total. The lowest BCUT2D eigenvalue weighted by Gasteiger charge is -2.41. The Balaban J connectivity index is 1.27. The van der Waals surface area contributed by atoms with Crippen molar-refractivity contribution in [2.45, 2.75) is 104 Å². The molecule has 1 aromatic heterocycles. The number of hydrogen-bond acceptors (Lipinski definition) is 4. The number of hydrogen-bond donors (Lipinski definition) is 1. The number of rotatable bonds is 6. The van der Waals surface area contributed by atoms with E-state index in [0.717, 1.165) is 55.9 Å². The summed E-state index contributed by atoms with van der Waals surface area (Å²) in [7, 11) is 0. The van der Waals surface area contributed by atoms with Gasteiger partial charge in [0, 0.05) is 55.7 Å². The SMILES string of the molecule is CC(=O)N[C@@H](CCN1[C@@H]2CC[C@H]1CC(n1c(C)nc3c1CCN(C(=O)C(C)(C)C)C3)C2)c1cccc(F)c1. The highest BCUT2D eigenvalue weighted by Gasteiger charge is 2.43. The van der Waals surface area contributed by atoms with Gasteiger partial charge < -0.3 is 14.8 Å². The van der Waals surface area contributed by atoms with E-state index in [1.165, 1.54) is 37.6 Å². The molecule has 4 heterocycles. The maximum absolute atomic E-state index is 13.9. The van der Waals surface area contributed by atoms with Gasteiger partial charge in [-0.05, 0) is 56.7 Å². The normalized spacial score (nSPS) is 24.3. The van der Waals surface area contributed by atoms with Gasteiger partial charge in [-0.15, -0.1) is 0 Å². The Morgan fingerprint density at radius 3 is 2.50 bits per heavy atom. The van der Waals surface area contributed by atoms with E-state index in [9.17, 15) is 14.0 Å². The highest BCUT2D eigenvalue weighted by molar-refractivity contribution is 5.81. The Hall–Kier alpha value is -2.74.